The summed E-state index contributed by atoms with van der Waals surface area (Å²) >= 11 is 0. The second-order valence-electron chi connectivity index (χ2n) is 2.31. The number of hydrogen-bond donors (Lipinski definition) is 3. The maximum absolute atomic E-state index is 10.6. The molecule has 1 unspecified atom stereocenters. The molecule has 1 aliphatic heterocycles. The zero-order chi connectivity index (χ0) is 9.57. The van der Waals surface area contributed by atoms with Crippen LogP contribution in [0.25, 0.3) is 0 Å². The Morgan fingerprint density at radius 3 is 2.08 bits per heavy atom. The Morgan fingerprint density at radius 1 is 1.46 bits per heavy atom. The Kier molecular flexibility index (Phi) is 3.64. The normalized spacial score (nSPS) is 28.2. The van der Waals surface area contributed by atoms with Gasteiger partial charge in [0.05, 0.1) is 6.42 Å². The van der Waals surface area contributed by atoms with Gasteiger partial charge in [-0.25, -0.2) is 0 Å². The van der Waals surface area contributed by atoms with Gasteiger partial charge in [-0.3, -0.25) is 19.5 Å². The van der Waals surface area contributed by atoms with Crippen molar-refractivity contribution >= 4 is 21.9 Å². The van der Waals surface area contributed by atoms with Crippen molar-refractivity contribution in [3.05, 3.63) is 0 Å². The van der Waals surface area contributed by atoms with Crippen LogP contribution < -0.4 is 34.9 Å². The standard InChI is InChI=1S/C4H5NO6S.Na.H/c6-2-1-4(8,3(7)5-2)12(9,10)11;;/h8H,1H2,(H,5,6,7)(H,9,10,11);;/q;+1;-1. The first-order chi connectivity index (χ1) is 5.27. The summed E-state index contributed by atoms with van der Waals surface area (Å²) in [4.78, 5) is 18.1. The van der Waals surface area contributed by atoms with Crippen molar-refractivity contribution in [3.63, 3.8) is 0 Å². The first kappa shape index (κ1) is 13.0. The zero-order valence-corrected chi connectivity index (χ0v) is 9.46. The van der Waals surface area contributed by atoms with E-state index in [4.69, 9.17) is 9.66 Å². The maximum atomic E-state index is 10.6. The molecule has 0 bridgehead atoms. The van der Waals surface area contributed by atoms with Gasteiger partial charge >= 0.3 is 39.7 Å². The monoisotopic (exact) mass is 219 g/mol. The molecule has 1 heterocycles. The molecular weight excluding hydrogens is 213 g/mol. The van der Waals surface area contributed by atoms with Crippen molar-refractivity contribution < 1.29 is 58.7 Å². The van der Waals surface area contributed by atoms with Crippen LogP contribution in [0.4, 0.5) is 0 Å². The van der Waals surface area contributed by atoms with E-state index in [1.165, 1.54) is 0 Å². The first-order valence-electron chi connectivity index (χ1n) is 2.81. The second-order valence-corrected chi connectivity index (χ2v) is 3.94. The molecule has 1 atom stereocenters. The van der Waals surface area contributed by atoms with Crippen LogP contribution in [0.2, 0.25) is 0 Å². The molecule has 3 N–H and O–H groups in total. The van der Waals surface area contributed by atoms with E-state index in [1.807, 2.05) is 0 Å². The van der Waals surface area contributed by atoms with Gasteiger partial charge in [0.25, 0.3) is 10.8 Å². The van der Waals surface area contributed by atoms with Gasteiger partial charge < -0.3 is 6.53 Å². The fourth-order valence-electron chi connectivity index (χ4n) is 0.775. The Hall–Kier alpha value is 0.0100. The third-order valence-corrected chi connectivity index (χ3v) is 2.62. The third kappa shape index (κ3) is 2.09. The summed E-state index contributed by atoms with van der Waals surface area (Å²) in [6, 6.07) is 0. The van der Waals surface area contributed by atoms with E-state index >= 15 is 0 Å². The molecule has 1 rings (SSSR count). The summed E-state index contributed by atoms with van der Waals surface area (Å²) in [6.45, 7) is 0. The Labute approximate surface area is 97.0 Å². The molecule has 0 aromatic carbocycles. The SMILES string of the molecule is O=C1CC(O)(S(=O)(=O)O)C(=O)N1.[H-].[Na+]. The van der Waals surface area contributed by atoms with E-state index in [0.717, 1.165) is 0 Å². The number of amides is 2. The fourth-order valence-corrected chi connectivity index (χ4v) is 1.37. The topological polar surface area (TPSA) is 121 Å². The first-order valence-corrected chi connectivity index (χ1v) is 4.25. The molecule has 0 aromatic heterocycles. The molecule has 70 valence electrons. The maximum Gasteiger partial charge on any atom is 1.00 e. The summed E-state index contributed by atoms with van der Waals surface area (Å²) in [7, 11) is -4.96. The van der Waals surface area contributed by atoms with Gasteiger partial charge in [-0.1, -0.05) is 0 Å². The van der Waals surface area contributed by atoms with Crippen molar-refractivity contribution in [1.82, 2.24) is 5.32 Å². The summed E-state index contributed by atoms with van der Waals surface area (Å²) in [5.74, 6) is -2.37. The molecule has 0 saturated carbocycles. The molecule has 0 radical (unpaired) electrons. The van der Waals surface area contributed by atoms with E-state index in [-0.39, 0.29) is 31.0 Å². The molecule has 1 aliphatic rings. The Bertz CT molecular complexity index is 355. The Morgan fingerprint density at radius 2 is 1.92 bits per heavy atom. The van der Waals surface area contributed by atoms with Gasteiger partial charge in [-0.05, 0) is 0 Å². The minimum Gasteiger partial charge on any atom is -1.00 e. The predicted molar refractivity (Wildman–Crippen MR) is 35.4 cm³/mol. The van der Waals surface area contributed by atoms with E-state index in [2.05, 4.69) is 0 Å². The van der Waals surface area contributed by atoms with Crippen molar-refractivity contribution in [2.45, 2.75) is 11.4 Å². The van der Waals surface area contributed by atoms with Crippen LogP contribution in [0.3, 0.4) is 0 Å². The van der Waals surface area contributed by atoms with E-state index in [0.29, 0.717) is 0 Å². The third-order valence-electron chi connectivity index (χ3n) is 1.43. The molecule has 9 heteroatoms. The predicted octanol–water partition coefficient (Wildman–Crippen LogP) is -5.27. The van der Waals surface area contributed by atoms with Crippen molar-refractivity contribution in [2.24, 2.45) is 0 Å². The number of carbonyl (C=O) groups is 2. The number of hydrogen-bond acceptors (Lipinski definition) is 5. The molecule has 0 aromatic rings. The smallest absolute Gasteiger partial charge is 1.00 e. The summed E-state index contributed by atoms with van der Waals surface area (Å²) < 4.78 is 29.2. The Balaban J connectivity index is 0. The number of carbonyl (C=O) groups excluding carboxylic acids is 2. The van der Waals surface area contributed by atoms with Gasteiger partial charge in [0.15, 0.2) is 0 Å². The van der Waals surface area contributed by atoms with Crippen LogP contribution in [0, 0.1) is 0 Å². The number of imide groups is 1. The quantitative estimate of drug-likeness (QED) is 0.230. The minimum absolute atomic E-state index is 0. The molecule has 0 spiro atoms. The van der Waals surface area contributed by atoms with Crippen LogP contribution in [0.1, 0.15) is 7.85 Å². The average molecular weight is 219 g/mol. The molecule has 0 aliphatic carbocycles. The molecule has 2 amide bonds. The van der Waals surface area contributed by atoms with Gasteiger partial charge in [0.1, 0.15) is 0 Å². The van der Waals surface area contributed by atoms with Gasteiger partial charge in [0, 0.05) is 0 Å². The molecule has 1 saturated heterocycles. The van der Waals surface area contributed by atoms with Gasteiger partial charge in [0.2, 0.25) is 5.91 Å². The van der Waals surface area contributed by atoms with Gasteiger partial charge in [-0.15, -0.1) is 0 Å². The van der Waals surface area contributed by atoms with E-state index in [9.17, 15) is 18.0 Å². The van der Waals surface area contributed by atoms with E-state index < -0.39 is 33.3 Å². The summed E-state index contributed by atoms with van der Waals surface area (Å²) in [5, 5.41) is 10.5. The zero-order valence-electron chi connectivity index (χ0n) is 7.64. The van der Waals surface area contributed by atoms with Crippen LogP contribution in [-0.4, -0.2) is 34.8 Å². The second kappa shape index (κ2) is 3.64. The number of nitrogens with one attached hydrogen (secondary N) is 1. The van der Waals surface area contributed by atoms with Crippen molar-refractivity contribution in [1.29, 1.82) is 0 Å². The largest absolute Gasteiger partial charge is 1.00 e. The van der Waals surface area contributed by atoms with Crippen LogP contribution in [0.15, 0.2) is 0 Å². The van der Waals surface area contributed by atoms with Crippen molar-refractivity contribution in [3.8, 4) is 0 Å². The molecular formula is C4H6NNaO6S. The van der Waals surface area contributed by atoms with Crippen LogP contribution in [0.5, 0.6) is 0 Å². The van der Waals surface area contributed by atoms with E-state index in [1.54, 1.807) is 5.32 Å². The van der Waals surface area contributed by atoms with Gasteiger partial charge in [-0.2, -0.15) is 8.42 Å². The average Bonchev–Trinajstić information content (AvgIpc) is 2.06. The number of rotatable bonds is 1. The fraction of sp³-hybridized carbons (Fsp3) is 0.500. The van der Waals surface area contributed by atoms with Crippen LogP contribution in [-0.2, 0) is 19.7 Å². The summed E-state index contributed by atoms with van der Waals surface area (Å²) in [5.41, 5.74) is 0. The number of aliphatic hydroxyl groups is 1. The molecule has 1 fully saturated rings. The molecule has 7 nitrogen and oxygen atoms in total. The minimum atomic E-state index is -4.96. The van der Waals surface area contributed by atoms with Crippen molar-refractivity contribution in [2.75, 3.05) is 0 Å². The van der Waals surface area contributed by atoms with Crippen LogP contribution >= 0.6 is 0 Å². The summed E-state index contributed by atoms with van der Waals surface area (Å²) in [6.07, 6.45) is -0.968. The molecule has 13 heavy (non-hydrogen) atoms.